The summed E-state index contributed by atoms with van der Waals surface area (Å²) in [5.41, 5.74) is 0. The van der Waals surface area contributed by atoms with Crippen LogP contribution in [0.25, 0.3) is 0 Å². The number of nitrogens with zero attached hydrogens (tertiary/aromatic N) is 2. The first kappa shape index (κ1) is 15.5. The van der Waals surface area contributed by atoms with Gasteiger partial charge in [-0.25, -0.2) is 9.97 Å². The van der Waals surface area contributed by atoms with Crippen molar-refractivity contribution in [2.45, 2.75) is 63.8 Å². The molecule has 4 atom stereocenters. The van der Waals surface area contributed by atoms with E-state index >= 15 is 0 Å². The standard InChI is InChI=1S/C16H26N4O2/c1-11(13-5-3-7-21-13)19-15-9-16(18-10-17-15)20-12(2)14-6-4-8-22-14/h9-14H,3-8H2,1-2H3,(H2,17,18,19,20)/t11-,12+,13-,14-/m1/s1. The average molecular weight is 306 g/mol. The van der Waals surface area contributed by atoms with Gasteiger partial charge in [0.25, 0.3) is 0 Å². The second-order valence-corrected chi connectivity index (χ2v) is 6.26. The van der Waals surface area contributed by atoms with E-state index in [4.69, 9.17) is 9.47 Å². The van der Waals surface area contributed by atoms with E-state index in [1.807, 2.05) is 6.07 Å². The Bertz CT molecular complexity index is 434. The summed E-state index contributed by atoms with van der Waals surface area (Å²) in [6, 6.07) is 2.46. The molecule has 122 valence electrons. The molecule has 0 radical (unpaired) electrons. The van der Waals surface area contributed by atoms with Crippen LogP contribution in [-0.2, 0) is 9.47 Å². The second-order valence-electron chi connectivity index (χ2n) is 6.26. The Labute approximate surface area is 132 Å². The van der Waals surface area contributed by atoms with Gasteiger partial charge in [-0.2, -0.15) is 0 Å². The number of rotatable bonds is 6. The Hall–Kier alpha value is -1.40. The minimum absolute atomic E-state index is 0.251. The van der Waals surface area contributed by atoms with Crippen molar-refractivity contribution in [2.75, 3.05) is 23.8 Å². The molecule has 6 heteroatoms. The molecule has 2 fully saturated rings. The van der Waals surface area contributed by atoms with E-state index < -0.39 is 0 Å². The maximum Gasteiger partial charge on any atom is 0.131 e. The molecule has 3 rings (SSSR count). The minimum Gasteiger partial charge on any atom is -0.376 e. The largest absolute Gasteiger partial charge is 0.376 e. The normalized spacial score (nSPS) is 27.5. The fourth-order valence-electron chi connectivity index (χ4n) is 3.16. The molecule has 3 heterocycles. The van der Waals surface area contributed by atoms with Gasteiger partial charge in [-0.1, -0.05) is 0 Å². The number of nitrogens with one attached hydrogen (secondary N) is 2. The molecule has 0 unspecified atom stereocenters. The molecule has 22 heavy (non-hydrogen) atoms. The summed E-state index contributed by atoms with van der Waals surface area (Å²) < 4.78 is 11.4. The predicted molar refractivity (Wildman–Crippen MR) is 86.1 cm³/mol. The fourth-order valence-corrected chi connectivity index (χ4v) is 3.16. The van der Waals surface area contributed by atoms with E-state index in [1.165, 1.54) is 0 Å². The lowest BCUT2D eigenvalue weighted by molar-refractivity contribution is 0.0994. The first-order valence-electron chi connectivity index (χ1n) is 8.30. The molecule has 0 spiro atoms. The van der Waals surface area contributed by atoms with Gasteiger partial charge in [0.05, 0.1) is 24.3 Å². The Morgan fingerprint density at radius 3 is 1.86 bits per heavy atom. The first-order chi connectivity index (χ1) is 10.7. The van der Waals surface area contributed by atoms with E-state index in [9.17, 15) is 0 Å². The summed E-state index contributed by atoms with van der Waals surface area (Å²) >= 11 is 0. The summed E-state index contributed by atoms with van der Waals surface area (Å²) in [6.45, 7) is 6.01. The zero-order valence-corrected chi connectivity index (χ0v) is 13.4. The van der Waals surface area contributed by atoms with Crippen molar-refractivity contribution in [3.63, 3.8) is 0 Å². The molecule has 1 aromatic heterocycles. The van der Waals surface area contributed by atoms with Crippen molar-refractivity contribution in [1.82, 2.24) is 9.97 Å². The molecule has 2 N–H and O–H groups in total. The summed E-state index contributed by atoms with van der Waals surface area (Å²) in [4.78, 5) is 8.61. The van der Waals surface area contributed by atoms with Gasteiger partial charge in [0.2, 0.25) is 0 Å². The van der Waals surface area contributed by atoms with Gasteiger partial charge in [-0.3, -0.25) is 0 Å². The van der Waals surface area contributed by atoms with Gasteiger partial charge in [0.15, 0.2) is 0 Å². The van der Waals surface area contributed by atoms with Crippen LogP contribution >= 0.6 is 0 Å². The lowest BCUT2D eigenvalue weighted by atomic mass is 10.1. The SMILES string of the molecule is C[C@H](Nc1cc(N[C@H](C)[C@H]2CCCO2)ncn1)[C@H]1CCCO1. The lowest BCUT2D eigenvalue weighted by Gasteiger charge is -2.22. The van der Waals surface area contributed by atoms with Crippen LogP contribution < -0.4 is 10.6 Å². The molecular formula is C16H26N4O2. The maximum absolute atomic E-state index is 5.71. The number of hydrogen-bond donors (Lipinski definition) is 2. The van der Waals surface area contributed by atoms with Crippen molar-refractivity contribution < 1.29 is 9.47 Å². The average Bonchev–Trinajstić information content (AvgIpc) is 3.21. The highest BCUT2D eigenvalue weighted by atomic mass is 16.5. The van der Waals surface area contributed by atoms with Gasteiger partial charge in [0, 0.05) is 19.3 Å². The highest BCUT2D eigenvalue weighted by Crippen LogP contribution is 2.21. The molecule has 0 aliphatic carbocycles. The molecule has 1 aromatic rings. The van der Waals surface area contributed by atoms with Crippen molar-refractivity contribution in [2.24, 2.45) is 0 Å². The second kappa shape index (κ2) is 7.24. The smallest absolute Gasteiger partial charge is 0.131 e. The zero-order valence-electron chi connectivity index (χ0n) is 13.4. The van der Waals surface area contributed by atoms with Gasteiger partial charge in [0.1, 0.15) is 18.0 Å². The Morgan fingerprint density at radius 1 is 0.955 bits per heavy atom. The fraction of sp³-hybridized carbons (Fsp3) is 0.750. The van der Waals surface area contributed by atoms with E-state index in [0.29, 0.717) is 0 Å². The van der Waals surface area contributed by atoms with Crippen LogP contribution in [0.3, 0.4) is 0 Å². The zero-order chi connectivity index (χ0) is 15.4. The monoisotopic (exact) mass is 306 g/mol. The third-order valence-corrected chi connectivity index (χ3v) is 4.46. The Morgan fingerprint density at radius 2 is 1.45 bits per heavy atom. The summed E-state index contributed by atoms with van der Waals surface area (Å²) in [6.07, 6.45) is 6.66. The van der Waals surface area contributed by atoms with Crippen LogP contribution in [0.1, 0.15) is 39.5 Å². The van der Waals surface area contributed by atoms with Crippen molar-refractivity contribution in [3.8, 4) is 0 Å². The quantitative estimate of drug-likeness (QED) is 0.841. The van der Waals surface area contributed by atoms with Gasteiger partial charge < -0.3 is 20.1 Å². The highest BCUT2D eigenvalue weighted by Gasteiger charge is 2.24. The number of aromatic nitrogens is 2. The number of ether oxygens (including phenoxy) is 2. The summed E-state index contributed by atoms with van der Waals surface area (Å²) in [5.74, 6) is 1.67. The molecular weight excluding hydrogens is 280 g/mol. The summed E-state index contributed by atoms with van der Waals surface area (Å²) in [5, 5.41) is 6.84. The van der Waals surface area contributed by atoms with Crippen LogP contribution in [0.4, 0.5) is 11.6 Å². The van der Waals surface area contributed by atoms with Crippen LogP contribution in [0.15, 0.2) is 12.4 Å². The topological polar surface area (TPSA) is 68.3 Å². The lowest BCUT2D eigenvalue weighted by Crippen LogP contribution is -2.31. The molecule has 0 saturated carbocycles. The number of hydrogen-bond acceptors (Lipinski definition) is 6. The molecule has 0 amide bonds. The van der Waals surface area contributed by atoms with E-state index in [2.05, 4.69) is 34.4 Å². The summed E-state index contributed by atoms with van der Waals surface area (Å²) in [7, 11) is 0. The van der Waals surface area contributed by atoms with Gasteiger partial charge in [-0.15, -0.1) is 0 Å². The Kier molecular flexibility index (Phi) is 5.10. The molecule has 2 saturated heterocycles. The van der Waals surface area contributed by atoms with Crippen molar-refractivity contribution in [1.29, 1.82) is 0 Å². The maximum atomic E-state index is 5.71. The van der Waals surface area contributed by atoms with E-state index in [0.717, 1.165) is 50.5 Å². The molecule has 6 nitrogen and oxygen atoms in total. The van der Waals surface area contributed by atoms with Crippen LogP contribution in [0, 0.1) is 0 Å². The number of anilines is 2. The first-order valence-corrected chi connectivity index (χ1v) is 8.30. The van der Waals surface area contributed by atoms with Crippen LogP contribution in [0.2, 0.25) is 0 Å². The Balaban J connectivity index is 1.57. The molecule has 2 aliphatic heterocycles. The van der Waals surface area contributed by atoms with Crippen molar-refractivity contribution >= 4 is 11.6 Å². The highest BCUT2D eigenvalue weighted by molar-refractivity contribution is 5.47. The van der Waals surface area contributed by atoms with E-state index in [1.54, 1.807) is 6.33 Å². The van der Waals surface area contributed by atoms with Gasteiger partial charge >= 0.3 is 0 Å². The molecule has 0 aromatic carbocycles. The van der Waals surface area contributed by atoms with Crippen molar-refractivity contribution in [3.05, 3.63) is 12.4 Å². The third kappa shape index (κ3) is 3.87. The minimum atomic E-state index is 0.251. The van der Waals surface area contributed by atoms with Crippen LogP contribution in [-0.4, -0.2) is 47.5 Å². The third-order valence-electron chi connectivity index (χ3n) is 4.46. The molecule has 0 bridgehead atoms. The van der Waals surface area contributed by atoms with Gasteiger partial charge in [-0.05, 0) is 39.5 Å². The predicted octanol–water partition coefficient (Wildman–Crippen LogP) is 2.44. The molecule has 2 aliphatic rings. The van der Waals surface area contributed by atoms with E-state index in [-0.39, 0.29) is 24.3 Å². The van der Waals surface area contributed by atoms with Crippen LogP contribution in [0.5, 0.6) is 0 Å².